The number of nitrogens with zero attached hydrogens (tertiary/aromatic N) is 1. The van der Waals surface area contributed by atoms with Gasteiger partial charge in [-0.1, -0.05) is 57.1 Å². The molecular formula is C19H28N3O2+. The van der Waals surface area contributed by atoms with Gasteiger partial charge in [0.25, 0.3) is 5.91 Å². The summed E-state index contributed by atoms with van der Waals surface area (Å²) in [4.78, 5) is 13.3. The molecule has 0 fully saturated rings. The molecule has 0 saturated carbocycles. The largest absolute Gasteiger partial charge is 0.338 e. The lowest BCUT2D eigenvalue weighted by Gasteiger charge is -2.13. The number of hydrogen-bond donors (Lipinski definition) is 2. The molecule has 1 amide bonds. The van der Waals surface area contributed by atoms with Crippen LogP contribution in [0.1, 0.15) is 44.5 Å². The number of rotatable bonds is 6. The maximum absolute atomic E-state index is 12.2. The number of aryl methyl sites for hydroxylation is 1. The number of carbonyl (C=O) groups is 1. The van der Waals surface area contributed by atoms with E-state index in [0.717, 1.165) is 23.6 Å². The Bertz CT molecular complexity index is 669. The second-order valence-electron chi connectivity index (χ2n) is 7.36. The van der Waals surface area contributed by atoms with Crippen molar-refractivity contribution >= 4 is 11.8 Å². The summed E-state index contributed by atoms with van der Waals surface area (Å²) < 4.78 is 5.20. The molecular weight excluding hydrogens is 302 g/mol. The average molecular weight is 330 g/mol. The van der Waals surface area contributed by atoms with E-state index < -0.39 is 0 Å². The summed E-state index contributed by atoms with van der Waals surface area (Å²) in [5.74, 6) is 0.333. The SMILES string of the molecule is CCc1ccc(C[NH+](C)CC(=O)Nc2cc(C(C)(C)C)no2)cc1. The molecule has 0 bridgehead atoms. The van der Waals surface area contributed by atoms with Gasteiger partial charge in [-0.2, -0.15) is 0 Å². The van der Waals surface area contributed by atoms with Crippen molar-refractivity contribution in [3.8, 4) is 0 Å². The second-order valence-corrected chi connectivity index (χ2v) is 7.36. The standard InChI is InChI=1S/C19H27N3O2/c1-6-14-7-9-15(10-8-14)12-22(5)13-17(23)20-18-11-16(21-24-18)19(2,3)4/h7-11H,6,12-13H2,1-5H3,(H,20,23)/p+1. The first-order valence-electron chi connectivity index (χ1n) is 8.44. The van der Waals surface area contributed by atoms with Gasteiger partial charge in [0, 0.05) is 17.0 Å². The summed E-state index contributed by atoms with van der Waals surface area (Å²) in [5, 5.41) is 6.79. The second kappa shape index (κ2) is 7.62. The van der Waals surface area contributed by atoms with Crippen LogP contribution in [0.25, 0.3) is 0 Å². The first-order chi connectivity index (χ1) is 11.3. The number of aromatic nitrogens is 1. The van der Waals surface area contributed by atoms with Crippen LogP contribution < -0.4 is 10.2 Å². The molecule has 0 spiro atoms. The van der Waals surface area contributed by atoms with Crippen molar-refractivity contribution in [2.45, 2.75) is 46.1 Å². The summed E-state index contributed by atoms with van der Waals surface area (Å²) in [6.07, 6.45) is 1.04. The molecule has 2 rings (SSSR count). The zero-order valence-corrected chi connectivity index (χ0v) is 15.3. The van der Waals surface area contributed by atoms with Crippen LogP contribution in [-0.2, 0) is 23.2 Å². The summed E-state index contributed by atoms with van der Waals surface area (Å²) in [7, 11) is 2.01. The molecule has 1 atom stereocenters. The van der Waals surface area contributed by atoms with Gasteiger partial charge in [-0.3, -0.25) is 10.1 Å². The third-order valence-corrected chi connectivity index (χ3v) is 3.94. The number of likely N-dealkylation sites (N-methyl/N-ethyl adjacent to an activating group) is 1. The molecule has 0 aliphatic carbocycles. The maximum Gasteiger partial charge on any atom is 0.281 e. The molecule has 0 radical (unpaired) electrons. The maximum atomic E-state index is 12.2. The molecule has 0 aliphatic heterocycles. The van der Waals surface area contributed by atoms with Gasteiger partial charge in [-0.15, -0.1) is 0 Å². The van der Waals surface area contributed by atoms with Gasteiger partial charge >= 0.3 is 0 Å². The number of quaternary nitrogens is 1. The van der Waals surface area contributed by atoms with Crippen LogP contribution in [0.3, 0.4) is 0 Å². The molecule has 1 unspecified atom stereocenters. The van der Waals surface area contributed by atoms with E-state index in [0.29, 0.717) is 12.4 Å². The van der Waals surface area contributed by atoms with Crippen LogP contribution in [0.2, 0.25) is 0 Å². The Kier molecular flexibility index (Phi) is 5.78. The lowest BCUT2D eigenvalue weighted by molar-refractivity contribution is -0.885. The van der Waals surface area contributed by atoms with E-state index >= 15 is 0 Å². The van der Waals surface area contributed by atoms with Crippen molar-refractivity contribution in [3.05, 3.63) is 47.2 Å². The minimum absolute atomic E-state index is 0.0747. The Balaban J connectivity index is 1.85. The molecule has 5 nitrogen and oxygen atoms in total. The predicted octanol–water partition coefficient (Wildman–Crippen LogP) is 2.19. The molecule has 2 aromatic rings. The lowest BCUT2D eigenvalue weighted by atomic mass is 9.92. The van der Waals surface area contributed by atoms with Crippen molar-refractivity contribution in [3.63, 3.8) is 0 Å². The fraction of sp³-hybridized carbons (Fsp3) is 0.474. The molecule has 1 aromatic carbocycles. The van der Waals surface area contributed by atoms with Crippen molar-refractivity contribution in [2.24, 2.45) is 0 Å². The first-order valence-corrected chi connectivity index (χ1v) is 8.44. The van der Waals surface area contributed by atoms with Gasteiger partial charge in [-0.05, 0) is 12.0 Å². The van der Waals surface area contributed by atoms with Gasteiger partial charge < -0.3 is 9.42 Å². The smallest absolute Gasteiger partial charge is 0.281 e. The number of benzene rings is 1. The zero-order chi connectivity index (χ0) is 17.7. The Labute approximate surface area is 144 Å². The Morgan fingerprint density at radius 3 is 2.38 bits per heavy atom. The highest BCUT2D eigenvalue weighted by Gasteiger charge is 2.20. The quantitative estimate of drug-likeness (QED) is 0.853. The van der Waals surface area contributed by atoms with Gasteiger partial charge in [0.1, 0.15) is 6.54 Å². The fourth-order valence-electron chi connectivity index (χ4n) is 2.45. The third kappa shape index (κ3) is 5.20. The number of carbonyl (C=O) groups excluding carboxylic acids is 1. The molecule has 2 N–H and O–H groups in total. The van der Waals surface area contributed by atoms with E-state index in [2.05, 4.69) is 62.4 Å². The number of hydrogen-bond acceptors (Lipinski definition) is 3. The Hall–Kier alpha value is -2.14. The Morgan fingerprint density at radius 1 is 1.21 bits per heavy atom. The molecule has 0 saturated heterocycles. The minimum atomic E-state index is -0.0980. The summed E-state index contributed by atoms with van der Waals surface area (Å²) in [5.41, 5.74) is 3.29. The lowest BCUT2D eigenvalue weighted by Crippen LogP contribution is -3.08. The zero-order valence-electron chi connectivity index (χ0n) is 15.3. The van der Waals surface area contributed by atoms with Crippen LogP contribution in [0.5, 0.6) is 0 Å². The number of nitrogens with one attached hydrogen (secondary N) is 2. The molecule has 5 heteroatoms. The first kappa shape index (κ1) is 18.2. The monoisotopic (exact) mass is 330 g/mol. The van der Waals surface area contributed by atoms with E-state index in [1.165, 1.54) is 11.1 Å². The summed E-state index contributed by atoms with van der Waals surface area (Å²) >= 11 is 0. The number of amides is 1. The van der Waals surface area contributed by atoms with Crippen molar-refractivity contribution < 1.29 is 14.2 Å². The molecule has 0 aliphatic rings. The van der Waals surface area contributed by atoms with Crippen LogP contribution in [0.4, 0.5) is 5.88 Å². The highest BCUT2D eigenvalue weighted by molar-refractivity contribution is 5.90. The van der Waals surface area contributed by atoms with Gasteiger partial charge in [-0.25, -0.2) is 0 Å². The fourth-order valence-corrected chi connectivity index (χ4v) is 2.45. The normalized spacial score (nSPS) is 12.9. The van der Waals surface area contributed by atoms with Gasteiger partial charge in [0.15, 0.2) is 6.54 Å². The number of anilines is 1. The third-order valence-electron chi connectivity index (χ3n) is 3.94. The van der Waals surface area contributed by atoms with E-state index in [1.807, 2.05) is 7.05 Å². The van der Waals surface area contributed by atoms with E-state index in [-0.39, 0.29) is 11.3 Å². The van der Waals surface area contributed by atoms with Crippen LogP contribution in [0, 0.1) is 0 Å². The van der Waals surface area contributed by atoms with Crippen LogP contribution in [-0.4, -0.2) is 24.7 Å². The van der Waals surface area contributed by atoms with E-state index in [9.17, 15) is 4.79 Å². The molecule has 130 valence electrons. The highest BCUT2D eigenvalue weighted by atomic mass is 16.5. The topological polar surface area (TPSA) is 59.6 Å². The van der Waals surface area contributed by atoms with Crippen LogP contribution >= 0.6 is 0 Å². The van der Waals surface area contributed by atoms with Gasteiger partial charge in [0.2, 0.25) is 5.88 Å². The van der Waals surface area contributed by atoms with Crippen LogP contribution in [0.15, 0.2) is 34.9 Å². The van der Waals surface area contributed by atoms with Gasteiger partial charge in [0.05, 0.1) is 12.7 Å². The molecule has 1 heterocycles. The molecule has 1 aromatic heterocycles. The minimum Gasteiger partial charge on any atom is -0.338 e. The summed E-state index contributed by atoms with van der Waals surface area (Å²) in [6.45, 7) is 9.49. The predicted molar refractivity (Wildman–Crippen MR) is 95.1 cm³/mol. The average Bonchev–Trinajstić information content (AvgIpc) is 2.96. The molecule has 24 heavy (non-hydrogen) atoms. The van der Waals surface area contributed by atoms with E-state index in [1.54, 1.807) is 6.07 Å². The summed E-state index contributed by atoms with van der Waals surface area (Å²) in [6, 6.07) is 10.3. The van der Waals surface area contributed by atoms with E-state index in [4.69, 9.17) is 4.52 Å². The van der Waals surface area contributed by atoms with Crippen molar-refractivity contribution in [2.75, 3.05) is 18.9 Å². The van der Waals surface area contributed by atoms with Crippen molar-refractivity contribution in [1.29, 1.82) is 0 Å². The Morgan fingerprint density at radius 2 is 1.83 bits per heavy atom. The highest BCUT2D eigenvalue weighted by Crippen LogP contribution is 2.23. The van der Waals surface area contributed by atoms with Crippen molar-refractivity contribution in [1.82, 2.24) is 5.16 Å².